The van der Waals surface area contributed by atoms with Gasteiger partial charge >= 0.3 is 0 Å². The first-order valence-corrected chi connectivity index (χ1v) is 12.4. The van der Waals surface area contributed by atoms with Gasteiger partial charge in [0.2, 0.25) is 0 Å². The van der Waals surface area contributed by atoms with E-state index < -0.39 is 11.8 Å². The molecule has 0 saturated heterocycles. The van der Waals surface area contributed by atoms with Crippen LogP contribution in [0.5, 0.6) is 5.75 Å². The quantitative estimate of drug-likeness (QED) is 0.185. The van der Waals surface area contributed by atoms with E-state index >= 15 is 0 Å². The molecule has 0 bridgehead atoms. The number of hydrogen-bond donors (Lipinski definition) is 2. The smallest absolute Gasteiger partial charge is 0.272 e. The first kappa shape index (κ1) is 27.1. The number of rotatable bonds is 9. The van der Waals surface area contributed by atoms with Crippen molar-refractivity contribution < 1.29 is 19.1 Å². The summed E-state index contributed by atoms with van der Waals surface area (Å²) in [6.45, 7) is 0. The molecule has 0 unspecified atom stereocenters. The molecule has 0 spiro atoms. The van der Waals surface area contributed by atoms with E-state index in [1.54, 1.807) is 104 Å². The van der Waals surface area contributed by atoms with Crippen molar-refractivity contribution in [3.05, 3.63) is 142 Å². The van der Waals surface area contributed by atoms with Crippen LogP contribution in [0.4, 0.5) is 5.69 Å². The molecule has 4 aromatic rings. The van der Waals surface area contributed by atoms with Crippen molar-refractivity contribution in [2.24, 2.45) is 0 Å². The number of carbonyl (C=O) groups is 3. The molecular weight excluding hydrogens is 512 g/mol. The number of ketones is 1. The summed E-state index contributed by atoms with van der Waals surface area (Å²) in [6, 6.07) is 29.4. The van der Waals surface area contributed by atoms with Gasteiger partial charge in [-0.2, -0.15) is 0 Å². The number of halogens is 1. The molecule has 0 radical (unpaired) electrons. The third-order valence-electron chi connectivity index (χ3n) is 5.68. The summed E-state index contributed by atoms with van der Waals surface area (Å²) in [5.41, 5.74) is 2.76. The Balaban J connectivity index is 1.51. The molecule has 6 nitrogen and oxygen atoms in total. The number of hydrogen-bond acceptors (Lipinski definition) is 4. The van der Waals surface area contributed by atoms with Crippen LogP contribution in [0, 0.1) is 0 Å². The largest absolute Gasteiger partial charge is 0.497 e. The highest BCUT2D eigenvalue weighted by Gasteiger charge is 2.15. The second kappa shape index (κ2) is 13.0. The predicted molar refractivity (Wildman–Crippen MR) is 155 cm³/mol. The predicted octanol–water partition coefficient (Wildman–Crippen LogP) is 6.65. The first-order chi connectivity index (χ1) is 18.9. The first-order valence-electron chi connectivity index (χ1n) is 12.0. The lowest BCUT2D eigenvalue weighted by Crippen LogP contribution is -2.30. The van der Waals surface area contributed by atoms with Crippen LogP contribution < -0.4 is 15.4 Å². The highest BCUT2D eigenvalue weighted by Crippen LogP contribution is 2.19. The van der Waals surface area contributed by atoms with Crippen LogP contribution >= 0.6 is 11.6 Å². The lowest BCUT2D eigenvalue weighted by atomic mass is 10.1. The van der Waals surface area contributed by atoms with E-state index in [-0.39, 0.29) is 11.5 Å². The van der Waals surface area contributed by atoms with Gasteiger partial charge in [0.25, 0.3) is 11.8 Å². The maximum atomic E-state index is 13.2. The number of carbonyl (C=O) groups excluding carboxylic acids is 3. The van der Waals surface area contributed by atoms with E-state index in [1.807, 2.05) is 18.2 Å². The fourth-order valence-electron chi connectivity index (χ4n) is 3.63. The van der Waals surface area contributed by atoms with Crippen LogP contribution in [0.2, 0.25) is 5.02 Å². The summed E-state index contributed by atoms with van der Waals surface area (Å²) >= 11 is 6.14. The van der Waals surface area contributed by atoms with Crippen LogP contribution in [-0.2, 0) is 4.79 Å². The minimum absolute atomic E-state index is 0.0416. The van der Waals surface area contributed by atoms with Gasteiger partial charge in [0, 0.05) is 21.8 Å². The Kier molecular flexibility index (Phi) is 9.06. The topological polar surface area (TPSA) is 84.5 Å². The number of nitrogens with one attached hydrogen (secondary N) is 2. The summed E-state index contributed by atoms with van der Waals surface area (Å²) in [7, 11) is 1.55. The maximum absolute atomic E-state index is 13.2. The van der Waals surface area contributed by atoms with E-state index in [9.17, 15) is 14.4 Å². The molecular formula is C32H25ClN2O4. The van der Waals surface area contributed by atoms with E-state index in [0.29, 0.717) is 33.1 Å². The molecule has 0 aromatic heterocycles. The van der Waals surface area contributed by atoms with Crippen molar-refractivity contribution in [2.45, 2.75) is 0 Å². The lowest BCUT2D eigenvalue weighted by Gasteiger charge is -2.12. The minimum atomic E-state index is -0.528. The minimum Gasteiger partial charge on any atom is -0.497 e. The zero-order valence-corrected chi connectivity index (χ0v) is 21.8. The van der Waals surface area contributed by atoms with Crippen molar-refractivity contribution in [1.82, 2.24) is 5.32 Å². The molecule has 0 saturated carbocycles. The van der Waals surface area contributed by atoms with Crippen molar-refractivity contribution in [1.29, 1.82) is 0 Å². The van der Waals surface area contributed by atoms with Crippen molar-refractivity contribution in [3.8, 4) is 5.75 Å². The van der Waals surface area contributed by atoms with Crippen LogP contribution in [-0.4, -0.2) is 24.7 Å². The molecule has 0 aliphatic heterocycles. The number of allylic oxidation sites excluding steroid dienone is 1. The Morgan fingerprint density at radius 1 is 0.795 bits per heavy atom. The highest BCUT2D eigenvalue weighted by molar-refractivity contribution is 6.32. The van der Waals surface area contributed by atoms with Gasteiger partial charge in [-0.3, -0.25) is 14.4 Å². The van der Waals surface area contributed by atoms with Crippen LogP contribution in [0.1, 0.15) is 31.8 Å². The van der Waals surface area contributed by atoms with E-state index in [4.69, 9.17) is 16.3 Å². The van der Waals surface area contributed by atoms with E-state index in [1.165, 1.54) is 6.08 Å². The van der Waals surface area contributed by atoms with Crippen LogP contribution in [0.15, 0.2) is 115 Å². The van der Waals surface area contributed by atoms with E-state index in [0.717, 1.165) is 5.56 Å². The Bertz CT molecular complexity index is 1540. The molecule has 0 aliphatic rings. The standard InChI is InChI=1S/C32H25ClN2O4/c1-39-27-12-7-8-22(20-27)21-29(35-31(37)25-10-3-2-4-11-25)32(38)34-26-17-14-24(15-18-26)30(36)19-16-23-9-5-6-13-28(23)33/h2-21H,1H3,(H,34,38)(H,35,37)/b19-16+,29-21-. The number of anilines is 1. The molecule has 0 fully saturated rings. The Labute approximate surface area is 231 Å². The van der Waals surface area contributed by atoms with Gasteiger partial charge in [-0.05, 0) is 84.0 Å². The third-order valence-corrected chi connectivity index (χ3v) is 6.02. The molecule has 4 aromatic carbocycles. The number of methoxy groups -OCH3 is 1. The summed E-state index contributed by atoms with van der Waals surface area (Å²) < 4.78 is 5.27. The normalized spacial score (nSPS) is 11.2. The van der Waals surface area contributed by atoms with Gasteiger partial charge in [0.1, 0.15) is 11.4 Å². The highest BCUT2D eigenvalue weighted by atomic mass is 35.5. The van der Waals surface area contributed by atoms with Gasteiger partial charge in [0.05, 0.1) is 7.11 Å². The van der Waals surface area contributed by atoms with Crippen LogP contribution in [0.3, 0.4) is 0 Å². The number of ether oxygens (including phenoxy) is 1. The molecule has 39 heavy (non-hydrogen) atoms. The van der Waals surface area contributed by atoms with Gasteiger partial charge in [-0.1, -0.05) is 60.1 Å². The average Bonchev–Trinajstić information content (AvgIpc) is 2.97. The molecule has 0 heterocycles. The Morgan fingerprint density at radius 3 is 2.23 bits per heavy atom. The molecule has 194 valence electrons. The second-order valence-corrected chi connectivity index (χ2v) is 8.81. The van der Waals surface area contributed by atoms with Crippen molar-refractivity contribution in [3.63, 3.8) is 0 Å². The molecule has 2 amide bonds. The zero-order valence-electron chi connectivity index (χ0n) is 21.1. The lowest BCUT2D eigenvalue weighted by molar-refractivity contribution is -0.113. The maximum Gasteiger partial charge on any atom is 0.272 e. The fraction of sp³-hybridized carbons (Fsp3) is 0.0312. The number of benzene rings is 4. The fourth-order valence-corrected chi connectivity index (χ4v) is 3.83. The van der Waals surface area contributed by atoms with Crippen LogP contribution in [0.25, 0.3) is 12.2 Å². The Morgan fingerprint density at radius 2 is 1.51 bits per heavy atom. The average molecular weight is 537 g/mol. The van der Waals surface area contributed by atoms with Gasteiger partial charge in [-0.15, -0.1) is 0 Å². The van der Waals surface area contributed by atoms with Crippen molar-refractivity contribution in [2.75, 3.05) is 12.4 Å². The molecule has 0 atom stereocenters. The summed E-state index contributed by atoms with van der Waals surface area (Å²) in [4.78, 5) is 38.7. The van der Waals surface area contributed by atoms with Gasteiger partial charge < -0.3 is 15.4 Å². The van der Waals surface area contributed by atoms with Gasteiger partial charge in [-0.25, -0.2) is 0 Å². The van der Waals surface area contributed by atoms with E-state index in [2.05, 4.69) is 10.6 Å². The molecule has 4 rings (SSSR count). The second-order valence-electron chi connectivity index (χ2n) is 8.41. The van der Waals surface area contributed by atoms with Gasteiger partial charge in [0.15, 0.2) is 5.78 Å². The number of amides is 2. The molecule has 0 aliphatic carbocycles. The third kappa shape index (κ3) is 7.53. The summed E-state index contributed by atoms with van der Waals surface area (Å²) in [5, 5.41) is 6.03. The Hall–Kier alpha value is -4.94. The summed E-state index contributed by atoms with van der Waals surface area (Å²) in [5.74, 6) is -0.547. The zero-order chi connectivity index (χ0) is 27.6. The van der Waals surface area contributed by atoms with Crippen molar-refractivity contribution >= 4 is 47.0 Å². The summed E-state index contributed by atoms with van der Waals surface area (Å²) in [6.07, 6.45) is 4.67. The molecule has 2 N–H and O–H groups in total. The SMILES string of the molecule is COc1cccc(/C=C(\NC(=O)c2ccccc2)C(=O)Nc2ccc(C(=O)/C=C/c3ccccc3Cl)cc2)c1. The monoisotopic (exact) mass is 536 g/mol. The molecule has 7 heteroatoms.